The van der Waals surface area contributed by atoms with Crippen LogP contribution in [0.4, 0.5) is 0 Å². The first-order chi connectivity index (χ1) is 9.63. The van der Waals surface area contributed by atoms with Gasteiger partial charge in [0.2, 0.25) is 0 Å². The molecule has 5 atom stereocenters. The summed E-state index contributed by atoms with van der Waals surface area (Å²) in [5.41, 5.74) is -0.0862. The summed E-state index contributed by atoms with van der Waals surface area (Å²) in [6.45, 7) is 4.22. The first kappa shape index (κ1) is 16.5. The largest absolute Gasteiger partial charge is 0.372 e. The van der Waals surface area contributed by atoms with E-state index in [1.54, 1.807) is 0 Å². The van der Waals surface area contributed by atoms with E-state index in [2.05, 4.69) is 35.6 Å². The van der Waals surface area contributed by atoms with Crippen molar-refractivity contribution in [3.05, 3.63) is 0 Å². The number of hydrogen-bond acceptors (Lipinski definition) is 3. The zero-order valence-corrected chi connectivity index (χ0v) is 14.8. The van der Waals surface area contributed by atoms with Gasteiger partial charge in [0.25, 0.3) is 0 Å². The molecule has 4 heteroatoms. The second-order valence-corrected chi connectivity index (χ2v) is 7.14. The third kappa shape index (κ3) is 3.66. The molecule has 0 aromatic carbocycles. The molecule has 0 saturated carbocycles. The molecule has 2 heterocycles. The first-order valence-electron chi connectivity index (χ1n) is 7.92. The fraction of sp³-hybridized carbons (Fsp3) is 0.938. The Hall–Kier alpha value is 0.140. The summed E-state index contributed by atoms with van der Waals surface area (Å²) in [5.74, 6) is 0.0843. The van der Waals surface area contributed by atoms with Crippen LogP contribution in [0.2, 0.25) is 0 Å². The summed E-state index contributed by atoms with van der Waals surface area (Å²) in [7, 11) is 0. The van der Waals surface area contributed by atoms with Crippen molar-refractivity contribution in [1.29, 1.82) is 5.26 Å². The molecule has 0 bridgehead atoms. The Morgan fingerprint density at radius 2 is 2.20 bits per heavy atom. The fourth-order valence-electron chi connectivity index (χ4n) is 3.49. The predicted octanol–water partition coefficient (Wildman–Crippen LogP) is 4.24. The highest BCUT2D eigenvalue weighted by atomic mass is 127. The van der Waals surface area contributed by atoms with Crippen molar-refractivity contribution in [2.24, 2.45) is 5.92 Å². The van der Waals surface area contributed by atoms with E-state index in [-0.39, 0.29) is 23.7 Å². The number of fused-ring (bicyclic) bond motifs is 1. The molecule has 0 unspecified atom stereocenters. The van der Waals surface area contributed by atoms with Crippen molar-refractivity contribution in [1.82, 2.24) is 0 Å². The maximum absolute atomic E-state index is 8.98. The molecule has 2 rings (SSSR count). The molecule has 0 amide bonds. The smallest absolute Gasteiger partial charge is 0.106 e. The minimum atomic E-state index is -0.0862. The monoisotopic (exact) mass is 391 g/mol. The van der Waals surface area contributed by atoms with E-state index in [0.29, 0.717) is 6.10 Å². The molecule has 2 aliphatic rings. The Kier molecular flexibility index (Phi) is 6.12. The van der Waals surface area contributed by atoms with Gasteiger partial charge in [0.05, 0.1) is 24.4 Å². The van der Waals surface area contributed by atoms with Crippen LogP contribution in [0.25, 0.3) is 0 Å². The Morgan fingerprint density at radius 1 is 1.40 bits per heavy atom. The Labute approximate surface area is 136 Å². The van der Waals surface area contributed by atoms with Crippen molar-refractivity contribution in [3.63, 3.8) is 0 Å². The van der Waals surface area contributed by atoms with Gasteiger partial charge in [-0.1, -0.05) is 42.4 Å². The van der Waals surface area contributed by atoms with Crippen molar-refractivity contribution in [3.8, 4) is 6.07 Å². The normalized spacial score (nSPS) is 38.2. The lowest BCUT2D eigenvalue weighted by Crippen LogP contribution is -2.50. The lowest BCUT2D eigenvalue weighted by Gasteiger charge is -2.41. The summed E-state index contributed by atoms with van der Waals surface area (Å²) in [5, 5.41) is 8.98. The van der Waals surface area contributed by atoms with E-state index in [0.717, 1.165) is 36.5 Å². The SMILES string of the molecule is CCCC[C@H]1C[C@]2(CI)O[C@@H](C[C@@H](C)C#N)CC[C@@H]2O1. The zero-order valence-electron chi connectivity index (χ0n) is 12.6. The summed E-state index contributed by atoms with van der Waals surface area (Å²) < 4.78 is 13.7. The molecule has 20 heavy (non-hydrogen) atoms. The van der Waals surface area contributed by atoms with Crippen LogP contribution in [0.15, 0.2) is 0 Å². The fourth-order valence-corrected chi connectivity index (χ4v) is 4.47. The maximum atomic E-state index is 8.98. The molecular weight excluding hydrogens is 365 g/mol. The van der Waals surface area contributed by atoms with Crippen LogP contribution >= 0.6 is 22.6 Å². The van der Waals surface area contributed by atoms with E-state index in [9.17, 15) is 0 Å². The van der Waals surface area contributed by atoms with Crippen molar-refractivity contribution < 1.29 is 9.47 Å². The van der Waals surface area contributed by atoms with Gasteiger partial charge in [-0.25, -0.2) is 0 Å². The molecule has 0 N–H and O–H groups in total. The van der Waals surface area contributed by atoms with Gasteiger partial charge in [-0.15, -0.1) is 0 Å². The van der Waals surface area contributed by atoms with Gasteiger partial charge in [0.1, 0.15) is 5.60 Å². The van der Waals surface area contributed by atoms with Gasteiger partial charge in [-0.2, -0.15) is 5.26 Å². The average Bonchev–Trinajstić information content (AvgIpc) is 2.83. The molecule has 0 aromatic heterocycles. The van der Waals surface area contributed by atoms with Crippen LogP contribution < -0.4 is 0 Å². The highest BCUT2D eigenvalue weighted by Gasteiger charge is 2.52. The molecule has 2 saturated heterocycles. The Morgan fingerprint density at radius 3 is 2.85 bits per heavy atom. The molecule has 114 valence electrons. The van der Waals surface area contributed by atoms with E-state index in [1.165, 1.54) is 12.8 Å². The first-order valence-corrected chi connectivity index (χ1v) is 9.45. The lowest BCUT2D eigenvalue weighted by molar-refractivity contribution is -0.155. The minimum Gasteiger partial charge on any atom is -0.372 e. The second kappa shape index (κ2) is 7.42. The van der Waals surface area contributed by atoms with Gasteiger partial charge >= 0.3 is 0 Å². The molecular formula is C16H26INO2. The highest BCUT2D eigenvalue weighted by Crippen LogP contribution is 2.44. The minimum absolute atomic E-state index is 0.0843. The van der Waals surface area contributed by atoms with E-state index >= 15 is 0 Å². The summed E-state index contributed by atoms with van der Waals surface area (Å²) >= 11 is 2.45. The second-order valence-electron chi connectivity index (χ2n) is 6.37. The standard InChI is InChI=1S/C16H26INO2/c1-3-4-5-14-9-16(11-17)15(19-14)7-6-13(20-16)8-12(2)10-18/h12-15H,3-9,11H2,1-2H3/t12-,13-,14+,15+,16-/m1/s1. The van der Waals surface area contributed by atoms with Crippen LogP contribution in [-0.4, -0.2) is 28.3 Å². The van der Waals surface area contributed by atoms with Crippen LogP contribution in [0.5, 0.6) is 0 Å². The quantitative estimate of drug-likeness (QED) is 0.503. The van der Waals surface area contributed by atoms with Crippen LogP contribution in [0.1, 0.15) is 58.8 Å². The van der Waals surface area contributed by atoms with Crippen molar-refractivity contribution >= 4 is 22.6 Å². The van der Waals surface area contributed by atoms with Crippen LogP contribution in [0.3, 0.4) is 0 Å². The van der Waals surface area contributed by atoms with Gasteiger partial charge in [0, 0.05) is 16.8 Å². The molecule has 3 nitrogen and oxygen atoms in total. The summed E-state index contributed by atoms with van der Waals surface area (Å²) in [4.78, 5) is 0. The number of alkyl halides is 1. The van der Waals surface area contributed by atoms with E-state index in [1.807, 2.05) is 6.92 Å². The van der Waals surface area contributed by atoms with Crippen LogP contribution in [0, 0.1) is 17.2 Å². The molecule has 0 aliphatic carbocycles. The molecule has 2 aliphatic heterocycles. The topological polar surface area (TPSA) is 42.2 Å². The number of hydrogen-bond donors (Lipinski definition) is 0. The van der Waals surface area contributed by atoms with Gasteiger partial charge in [-0.3, -0.25) is 0 Å². The lowest BCUT2D eigenvalue weighted by atomic mass is 9.86. The average molecular weight is 391 g/mol. The van der Waals surface area contributed by atoms with Gasteiger partial charge < -0.3 is 9.47 Å². The van der Waals surface area contributed by atoms with E-state index in [4.69, 9.17) is 14.7 Å². The Bertz CT molecular complexity index is 357. The summed E-state index contributed by atoms with van der Waals surface area (Å²) in [6.07, 6.45) is 8.55. The van der Waals surface area contributed by atoms with Gasteiger partial charge in [0.15, 0.2) is 0 Å². The maximum Gasteiger partial charge on any atom is 0.106 e. The molecule has 0 aromatic rings. The number of halogens is 1. The van der Waals surface area contributed by atoms with Crippen molar-refractivity contribution in [2.75, 3.05) is 4.43 Å². The summed E-state index contributed by atoms with van der Waals surface area (Å²) in [6, 6.07) is 2.33. The Balaban J connectivity index is 1.96. The number of nitriles is 1. The van der Waals surface area contributed by atoms with Gasteiger partial charge in [-0.05, 0) is 32.6 Å². The number of unbranched alkanes of at least 4 members (excludes halogenated alkanes) is 1. The molecule has 0 radical (unpaired) electrons. The third-order valence-corrected chi connectivity index (χ3v) is 5.90. The number of ether oxygens (including phenoxy) is 2. The van der Waals surface area contributed by atoms with Crippen molar-refractivity contribution in [2.45, 2.75) is 82.7 Å². The van der Waals surface area contributed by atoms with E-state index < -0.39 is 0 Å². The molecule has 0 spiro atoms. The number of rotatable bonds is 6. The zero-order chi connectivity index (χ0) is 14.6. The third-order valence-electron chi connectivity index (χ3n) is 4.61. The highest BCUT2D eigenvalue weighted by molar-refractivity contribution is 14.1. The predicted molar refractivity (Wildman–Crippen MR) is 87.9 cm³/mol. The number of nitrogens with zero attached hydrogens (tertiary/aromatic N) is 1. The van der Waals surface area contributed by atoms with Crippen LogP contribution in [-0.2, 0) is 9.47 Å². The molecule has 2 fully saturated rings.